The van der Waals surface area contributed by atoms with Crippen molar-refractivity contribution < 1.29 is 41.0 Å². The number of imidazole rings is 1. The smallest absolute Gasteiger partial charge is 0.406 e. The summed E-state index contributed by atoms with van der Waals surface area (Å²) < 4.78 is 72.5. The van der Waals surface area contributed by atoms with Gasteiger partial charge in [-0.25, -0.2) is 4.98 Å². The van der Waals surface area contributed by atoms with Crippen molar-refractivity contribution in [1.82, 2.24) is 19.8 Å². The molecule has 1 aromatic carbocycles. The van der Waals surface area contributed by atoms with Crippen LogP contribution in [0.1, 0.15) is 16.2 Å². The highest BCUT2D eigenvalue weighted by Gasteiger charge is 2.29. The minimum Gasteiger partial charge on any atom is -0.493 e. The first-order valence-electron chi connectivity index (χ1n) is 8.72. The molecule has 0 saturated heterocycles. The zero-order valence-corrected chi connectivity index (χ0v) is 16.4. The van der Waals surface area contributed by atoms with Gasteiger partial charge >= 0.3 is 12.8 Å². The summed E-state index contributed by atoms with van der Waals surface area (Å²) in [5.74, 6) is -1.62. The molecule has 1 N–H and O–H groups in total. The van der Waals surface area contributed by atoms with Crippen molar-refractivity contribution in [2.24, 2.45) is 0 Å². The first-order chi connectivity index (χ1) is 14.5. The lowest BCUT2D eigenvalue weighted by Crippen LogP contribution is -2.38. The van der Waals surface area contributed by atoms with Crippen molar-refractivity contribution in [3.63, 3.8) is 0 Å². The molecule has 0 aliphatic heterocycles. The normalized spacial score (nSPS) is 11.4. The van der Waals surface area contributed by atoms with E-state index in [9.17, 15) is 31.5 Å². The van der Waals surface area contributed by atoms with E-state index < -0.39 is 37.7 Å². The molecule has 0 saturated carbocycles. The monoisotopic (exact) mass is 450 g/mol. The van der Waals surface area contributed by atoms with E-state index in [1.807, 2.05) is 0 Å². The van der Waals surface area contributed by atoms with Crippen LogP contribution in [0.15, 0.2) is 30.6 Å². The molecule has 0 aliphatic rings. The van der Waals surface area contributed by atoms with Crippen LogP contribution < -0.4 is 14.8 Å². The molecule has 1 aromatic heterocycles. The fourth-order valence-corrected chi connectivity index (χ4v) is 2.52. The summed E-state index contributed by atoms with van der Waals surface area (Å²) in [4.78, 5) is 29.4. The summed E-state index contributed by atoms with van der Waals surface area (Å²) in [6, 6.07) is 3.49. The maximum Gasteiger partial charge on any atom is 0.406 e. The molecule has 2 amide bonds. The number of rotatable bonds is 9. The third-order valence-corrected chi connectivity index (χ3v) is 4.00. The van der Waals surface area contributed by atoms with E-state index in [1.165, 1.54) is 26.4 Å². The number of ether oxygens (including phenoxy) is 2. The Bertz CT molecular complexity index is 917. The first-order valence-corrected chi connectivity index (χ1v) is 8.72. The number of likely N-dealkylation sites (N-methyl/N-ethyl adjacent to an activating group) is 1. The second kappa shape index (κ2) is 10.1. The number of hydrogen-bond acceptors (Lipinski definition) is 5. The minimum atomic E-state index is -4.44. The van der Waals surface area contributed by atoms with Crippen molar-refractivity contribution in [2.45, 2.75) is 25.9 Å². The molecular weight excluding hydrogens is 431 g/mol. The van der Waals surface area contributed by atoms with E-state index in [-0.39, 0.29) is 29.4 Å². The van der Waals surface area contributed by atoms with E-state index in [0.29, 0.717) is 0 Å². The first kappa shape index (κ1) is 23.9. The van der Waals surface area contributed by atoms with Gasteiger partial charge in [0.2, 0.25) is 5.91 Å². The van der Waals surface area contributed by atoms with Gasteiger partial charge < -0.3 is 24.3 Å². The van der Waals surface area contributed by atoms with E-state index in [4.69, 9.17) is 4.74 Å². The van der Waals surface area contributed by atoms with E-state index in [2.05, 4.69) is 15.0 Å². The Morgan fingerprint density at radius 3 is 2.58 bits per heavy atom. The molecule has 0 spiro atoms. The van der Waals surface area contributed by atoms with Gasteiger partial charge in [0, 0.05) is 25.0 Å². The Balaban J connectivity index is 1.95. The van der Waals surface area contributed by atoms with Gasteiger partial charge in [-0.05, 0) is 18.2 Å². The number of benzene rings is 1. The number of nitrogens with one attached hydrogen (secondary N) is 1. The largest absolute Gasteiger partial charge is 0.493 e. The Morgan fingerprint density at radius 1 is 1.26 bits per heavy atom. The Labute approximate surface area is 173 Å². The zero-order valence-electron chi connectivity index (χ0n) is 16.4. The number of carbonyl (C=O) groups excluding carboxylic acids is 2. The second-order valence-corrected chi connectivity index (χ2v) is 6.26. The molecule has 1 heterocycles. The second-order valence-electron chi connectivity index (χ2n) is 6.26. The highest BCUT2D eigenvalue weighted by atomic mass is 19.4. The molecular formula is C18H19F5N4O4. The van der Waals surface area contributed by atoms with Crippen molar-refractivity contribution in [3.8, 4) is 11.5 Å². The van der Waals surface area contributed by atoms with Crippen LogP contribution in [-0.2, 0) is 17.9 Å². The molecule has 0 fully saturated rings. The van der Waals surface area contributed by atoms with Gasteiger partial charge in [0.05, 0.1) is 20.2 Å². The van der Waals surface area contributed by atoms with Crippen LogP contribution >= 0.6 is 0 Å². The Morgan fingerprint density at radius 2 is 1.97 bits per heavy atom. The molecule has 2 aromatic rings. The molecule has 8 nitrogen and oxygen atoms in total. The maximum atomic E-state index is 12.6. The van der Waals surface area contributed by atoms with Crippen LogP contribution in [0.4, 0.5) is 22.0 Å². The predicted octanol–water partition coefficient (Wildman–Crippen LogP) is 2.44. The highest BCUT2D eigenvalue weighted by Crippen LogP contribution is 2.29. The molecule has 0 unspecified atom stereocenters. The number of amides is 2. The topological polar surface area (TPSA) is 85.7 Å². The average Bonchev–Trinajstić information content (AvgIpc) is 3.10. The lowest BCUT2D eigenvalue weighted by atomic mass is 10.2. The minimum absolute atomic E-state index is 0.0228. The van der Waals surface area contributed by atoms with Gasteiger partial charge in [0.1, 0.15) is 12.4 Å². The molecule has 0 atom stereocenters. The SMILES string of the molecule is COc1cc(C(=O)NCC(=O)N(C)Cc2nccn2CC(F)(F)F)ccc1OC(F)F. The fraction of sp³-hybridized carbons (Fsp3) is 0.389. The molecule has 13 heteroatoms. The number of alkyl halides is 5. The summed E-state index contributed by atoms with van der Waals surface area (Å²) >= 11 is 0. The van der Waals surface area contributed by atoms with Gasteiger partial charge in [0.15, 0.2) is 11.5 Å². The summed E-state index contributed by atoms with van der Waals surface area (Å²) in [7, 11) is 2.55. The number of carbonyl (C=O) groups is 2. The summed E-state index contributed by atoms with van der Waals surface area (Å²) in [6.45, 7) is -4.97. The van der Waals surface area contributed by atoms with Gasteiger partial charge in [-0.2, -0.15) is 22.0 Å². The molecule has 2 rings (SSSR count). The number of hydrogen-bond donors (Lipinski definition) is 1. The van der Waals surface area contributed by atoms with Gasteiger partial charge in [0.25, 0.3) is 5.91 Å². The van der Waals surface area contributed by atoms with E-state index in [0.717, 1.165) is 27.8 Å². The van der Waals surface area contributed by atoms with Crippen LogP contribution in [0.2, 0.25) is 0 Å². The summed E-state index contributed by atoms with van der Waals surface area (Å²) in [6.07, 6.45) is -2.10. The third-order valence-electron chi connectivity index (χ3n) is 4.00. The maximum absolute atomic E-state index is 12.6. The van der Waals surface area contributed by atoms with Crippen LogP contribution in [-0.4, -0.2) is 59.8 Å². The third kappa shape index (κ3) is 7.12. The van der Waals surface area contributed by atoms with Crippen LogP contribution in [0.3, 0.4) is 0 Å². The quantitative estimate of drug-likeness (QED) is 0.594. The van der Waals surface area contributed by atoms with Crippen molar-refractivity contribution in [3.05, 3.63) is 42.0 Å². The number of methoxy groups -OCH3 is 1. The Hall–Kier alpha value is -3.38. The molecule has 31 heavy (non-hydrogen) atoms. The molecule has 0 bridgehead atoms. The molecule has 0 aliphatic carbocycles. The average molecular weight is 450 g/mol. The summed E-state index contributed by atoms with van der Waals surface area (Å²) in [5.41, 5.74) is 0.0228. The predicted molar refractivity (Wildman–Crippen MR) is 96.7 cm³/mol. The van der Waals surface area contributed by atoms with E-state index in [1.54, 1.807) is 0 Å². The fourth-order valence-electron chi connectivity index (χ4n) is 2.52. The molecule has 170 valence electrons. The standard InChI is InChI=1S/C18H19F5N4O4/c1-26(9-14-24-5-6-27(14)10-18(21,22)23)15(28)8-25-16(29)11-3-4-12(31-17(19)20)13(7-11)30-2/h3-7,17H,8-10H2,1-2H3,(H,25,29). The lowest BCUT2D eigenvalue weighted by molar-refractivity contribution is -0.141. The van der Waals surface area contributed by atoms with Crippen molar-refractivity contribution in [2.75, 3.05) is 20.7 Å². The van der Waals surface area contributed by atoms with Gasteiger partial charge in [-0.3, -0.25) is 9.59 Å². The van der Waals surface area contributed by atoms with Gasteiger partial charge in [-0.15, -0.1) is 0 Å². The Kier molecular flexibility index (Phi) is 7.78. The van der Waals surface area contributed by atoms with Gasteiger partial charge in [-0.1, -0.05) is 0 Å². The van der Waals surface area contributed by atoms with Crippen molar-refractivity contribution in [1.29, 1.82) is 0 Å². The van der Waals surface area contributed by atoms with Crippen LogP contribution in [0.25, 0.3) is 0 Å². The zero-order chi connectivity index (χ0) is 23.2. The van der Waals surface area contributed by atoms with E-state index >= 15 is 0 Å². The summed E-state index contributed by atoms with van der Waals surface area (Å²) in [5, 5.41) is 2.34. The highest BCUT2D eigenvalue weighted by molar-refractivity contribution is 5.97. The van der Waals surface area contributed by atoms with Crippen molar-refractivity contribution >= 4 is 11.8 Å². The number of aromatic nitrogens is 2. The number of halogens is 5. The van der Waals surface area contributed by atoms with Crippen LogP contribution in [0, 0.1) is 0 Å². The number of nitrogens with zero attached hydrogens (tertiary/aromatic N) is 3. The van der Waals surface area contributed by atoms with Crippen LogP contribution in [0.5, 0.6) is 11.5 Å². The molecule has 0 radical (unpaired) electrons. The lowest BCUT2D eigenvalue weighted by Gasteiger charge is -2.18.